The Morgan fingerprint density at radius 2 is 1.67 bits per heavy atom. The number of amides is 2. The second-order valence-electron chi connectivity index (χ2n) is 9.04. The number of nitrogens with zero attached hydrogens (tertiary/aromatic N) is 1. The minimum atomic E-state index is -0.682. The van der Waals surface area contributed by atoms with Gasteiger partial charge in [0, 0.05) is 46.1 Å². The summed E-state index contributed by atoms with van der Waals surface area (Å²) in [6, 6.07) is 22.5. The van der Waals surface area contributed by atoms with Crippen LogP contribution in [-0.2, 0) is 22.6 Å². The fourth-order valence-corrected chi connectivity index (χ4v) is 5.11. The van der Waals surface area contributed by atoms with Gasteiger partial charge in [0.25, 0.3) is 0 Å². The normalized spacial score (nSPS) is 11.8. The number of halogens is 2. The molecule has 3 aromatic rings. The maximum absolute atomic E-state index is 13.7. The van der Waals surface area contributed by atoms with Crippen LogP contribution in [0.2, 0.25) is 10.0 Å². The van der Waals surface area contributed by atoms with Gasteiger partial charge in [-0.1, -0.05) is 77.3 Å². The molecule has 0 saturated heterocycles. The molecule has 0 spiro atoms. The summed E-state index contributed by atoms with van der Waals surface area (Å²) in [5.41, 5.74) is 2.92. The van der Waals surface area contributed by atoms with Crippen LogP contribution in [0, 0.1) is 6.92 Å². The monoisotopic (exact) mass is 542 g/mol. The van der Waals surface area contributed by atoms with E-state index < -0.39 is 6.04 Å². The highest BCUT2D eigenvalue weighted by atomic mass is 35.5. The average Bonchev–Trinajstić information content (AvgIpc) is 2.84. The maximum Gasteiger partial charge on any atom is 0.243 e. The first-order chi connectivity index (χ1) is 17.2. The quantitative estimate of drug-likeness (QED) is 0.266. The molecule has 0 bridgehead atoms. The highest BCUT2D eigenvalue weighted by Gasteiger charge is 2.31. The number of carbonyl (C=O) groups is 2. The third kappa shape index (κ3) is 8.58. The molecule has 0 aliphatic carbocycles. The topological polar surface area (TPSA) is 49.4 Å². The lowest BCUT2D eigenvalue weighted by molar-refractivity contribution is -0.141. The number of nitrogens with one attached hydrogen (secondary N) is 1. The van der Waals surface area contributed by atoms with Crippen molar-refractivity contribution in [2.75, 3.05) is 5.75 Å². The minimum absolute atomic E-state index is 0.0519. The minimum Gasteiger partial charge on any atom is -0.352 e. The molecule has 0 saturated carbocycles. The number of rotatable bonds is 11. The predicted molar refractivity (Wildman–Crippen MR) is 151 cm³/mol. The van der Waals surface area contributed by atoms with E-state index in [1.165, 1.54) is 5.56 Å². The molecule has 0 aromatic heterocycles. The summed E-state index contributed by atoms with van der Waals surface area (Å²) in [5, 5.41) is 4.00. The van der Waals surface area contributed by atoms with Crippen molar-refractivity contribution in [1.82, 2.24) is 10.2 Å². The van der Waals surface area contributed by atoms with Gasteiger partial charge in [0.1, 0.15) is 6.04 Å². The molecule has 190 valence electrons. The molecule has 0 aliphatic heterocycles. The van der Waals surface area contributed by atoms with Crippen LogP contribution in [0.25, 0.3) is 0 Å². The first-order valence-corrected chi connectivity index (χ1v) is 13.7. The van der Waals surface area contributed by atoms with Crippen LogP contribution >= 0.6 is 35.0 Å². The molecule has 1 N–H and O–H groups in total. The van der Waals surface area contributed by atoms with E-state index in [9.17, 15) is 9.59 Å². The summed E-state index contributed by atoms with van der Waals surface area (Å²) in [5.74, 6) is 0.329. The summed E-state index contributed by atoms with van der Waals surface area (Å²) < 4.78 is 0. The molecule has 2 amide bonds. The number of benzene rings is 3. The Hall–Kier alpha value is -2.47. The lowest BCUT2D eigenvalue weighted by Gasteiger charge is -2.32. The molecule has 7 heteroatoms. The number of aryl methyl sites for hydroxylation is 1. The van der Waals surface area contributed by atoms with Crippen LogP contribution in [0.5, 0.6) is 0 Å². The largest absolute Gasteiger partial charge is 0.352 e. The van der Waals surface area contributed by atoms with E-state index in [2.05, 4.69) is 29.6 Å². The Morgan fingerprint density at radius 1 is 0.972 bits per heavy atom. The fraction of sp³-hybridized carbons (Fsp3) is 0.310. The molecule has 0 radical (unpaired) electrons. The summed E-state index contributed by atoms with van der Waals surface area (Å²) in [7, 11) is 0. The Balaban J connectivity index is 1.87. The van der Waals surface area contributed by atoms with Crippen LogP contribution in [0.1, 0.15) is 37.0 Å². The Morgan fingerprint density at radius 3 is 2.31 bits per heavy atom. The predicted octanol–water partition coefficient (Wildman–Crippen LogP) is 6.95. The van der Waals surface area contributed by atoms with Gasteiger partial charge < -0.3 is 10.2 Å². The van der Waals surface area contributed by atoms with Gasteiger partial charge in [0.2, 0.25) is 11.8 Å². The highest BCUT2D eigenvalue weighted by molar-refractivity contribution is 7.99. The number of carbonyl (C=O) groups excluding carboxylic acids is 2. The zero-order valence-corrected chi connectivity index (χ0v) is 23.2. The molecular formula is C29H32Cl2N2O2S. The van der Waals surface area contributed by atoms with Crippen molar-refractivity contribution >= 4 is 46.8 Å². The zero-order valence-electron chi connectivity index (χ0n) is 20.8. The standard InChI is InChI=1S/C29H32Cl2N2O2S/c1-20(2)32-29(35)27(17-22-7-5-4-6-8-22)33(19-23-11-12-24(30)18-26(23)31)28(34)15-16-36-25-13-9-21(3)10-14-25/h4-14,18,20,27H,15-17,19H2,1-3H3,(H,32,35)/t27-/m0/s1. The molecule has 0 fully saturated rings. The highest BCUT2D eigenvalue weighted by Crippen LogP contribution is 2.25. The first-order valence-electron chi connectivity index (χ1n) is 12.0. The van der Waals surface area contributed by atoms with Crippen molar-refractivity contribution in [3.05, 3.63) is 99.5 Å². The van der Waals surface area contributed by atoms with E-state index in [4.69, 9.17) is 23.2 Å². The van der Waals surface area contributed by atoms with Gasteiger partial charge in [-0.25, -0.2) is 0 Å². The van der Waals surface area contributed by atoms with E-state index in [0.29, 0.717) is 28.6 Å². The Bertz CT molecular complexity index is 1150. The summed E-state index contributed by atoms with van der Waals surface area (Å²) in [6.45, 7) is 6.09. The SMILES string of the molecule is Cc1ccc(SCCC(=O)N(Cc2ccc(Cl)cc2Cl)[C@@H](Cc2ccccc2)C(=O)NC(C)C)cc1. The summed E-state index contributed by atoms with van der Waals surface area (Å²) >= 11 is 14.2. The third-order valence-electron chi connectivity index (χ3n) is 5.66. The van der Waals surface area contributed by atoms with Crippen LogP contribution in [0.4, 0.5) is 0 Å². The van der Waals surface area contributed by atoms with Crippen molar-refractivity contribution < 1.29 is 9.59 Å². The van der Waals surface area contributed by atoms with Gasteiger partial charge in [-0.2, -0.15) is 0 Å². The lowest BCUT2D eigenvalue weighted by Crippen LogP contribution is -2.51. The Labute approximate surface area is 228 Å². The van der Waals surface area contributed by atoms with E-state index in [-0.39, 0.29) is 24.4 Å². The van der Waals surface area contributed by atoms with Crippen LogP contribution < -0.4 is 5.32 Å². The molecule has 0 aliphatic rings. The van der Waals surface area contributed by atoms with Crippen molar-refractivity contribution in [2.24, 2.45) is 0 Å². The van der Waals surface area contributed by atoms with Gasteiger partial charge in [-0.15, -0.1) is 11.8 Å². The van der Waals surface area contributed by atoms with Gasteiger partial charge in [-0.3, -0.25) is 9.59 Å². The van der Waals surface area contributed by atoms with Crippen molar-refractivity contribution in [2.45, 2.75) is 57.1 Å². The molecule has 1 atom stereocenters. The molecular weight excluding hydrogens is 511 g/mol. The van der Waals surface area contributed by atoms with Crippen molar-refractivity contribution in [3.63, 3.8) is 0 Å². The van der Waals surface area contributed by atoms with Crippen LogP contribution in [-0.4, -0.2) is 34.6 Å². The molecule has 3 aromatic carbocycles. The second kappa shape index (κ2) is 13.7. The van der Waals surface area contributed by atoms with Gasteiger partial charge in [-0.05, 0) is 56.2 Å². The molecule has 4 nitrogen and oxygen atoms in total. The zero-order chi connectivity index (χ0) is 26.1. The smallest absolute Gasteiger partial charge is 0.243 e. The van der Waals surface area contributed by atoms with Crippen molar-refractivity contribution in [3.8, 4) is 0 Å². The van der Waals surface area contributed by atoms with E-state index in [1.807, 2.05) is 57.2 Å². The molecule has 0 unspecified atom stereocenters. The lowest BCUT2D eigenvalue weighted by atomic mass is 10.0. The van der Waals surface area contributed by atoms with E-state index >= 15 is 0 Å². The summed E-state index contributed by atoms with van der Waals surface area (Å²) in [4.78, 5) is 29.8. The van der Waals surface area contributed by atoms with E-state index in [1.54, 1.807) is 28.8 Å². The van der Waals surface area contributed by atoms with Crippen LogP contribution in [0.3, 0.4) is 0 Å². The van der Waals surface area contributed by atoms with Gasteiger partial charge in [0.15, 0.2) is 0 Å². The molecule has 0 heterocycles. The van der Waals surface area contributed by atoms with E-state index in [0.717, 1.165) is 16.0 Å². The van der Waals surface area contributed by atoms with Gasteiger partial charge in [0.05, 0.1) is 0 Å². The maximum atomic E-state index is 13.7. The first kappa shape index (κ1) is 28.1. The Kier molecular flexibility index (Phi) is 10.7. The van der Waals surface area contributed by atoms with Crippen molar-refractivity contribution in [1.29, 1.82) is 0 Å². The van der Waals surface area contributed by atoms with Gasteiger partial charge >= 0.3 is 0 Å². The molecule has 3 rings (SSSR count). The van der Waals surface area contributed by atoms with Crippen LogP contribution in [0.15, 0.2) is 77.7 Å². The number of thioether (sulfide) groups is 1. The number of hydrogen-bond acceptors (Lipinski definition) is 3. The fourth-order valence-electron chi connectivity index (χ4n) is 3.80. The summed E-state index contributed by atoms with van der Waals surface area (Å²) in [6.07, 6.45) is 0.700. The number of hydrogen-bond donors (Lipinski definition) is 1. The average molecular weight is 544 g/mol. The third-order valence-corrected chi connectivity index (χ3v) is 7.26. The molecule has 36 heavy (non-hydrogen) atoms. The second-order valence-corrected chi connectivity index (χ2v) is 11.0.